The van der Waals surface area contributed by atoms with Crippen LogP contribution in [0, 0.1) is 5.92 Å². The molecule has 1 N–H and O–H groups in total. The lowest BCUT2D eigenvalue weighted by Crippen LogP contribution is -2.25. The summed E-state index contributed by atoms with van der Waals surface area (Å²) in [4.78, 5) is 4.96. The standard InChI is InChI=1S/C17H22N2S/c1-2-8-14-12(5-1)6-3-10-16(14)19-17-18-15-9-4-7-13(15)11-20-17/h3,6,10,13,15H,1-2,4-5,7-9,11H2,(H,18,19). The van der Waals surface area contributed by atoms with Gasteiger partial charge in [0.1, 0.15) is 0 Å². The van der Waals surface area contributed by atoms with Crippen LogP contribution in [-0.4, -0.2) is 17.0 Å². The highest BCUT2D eigenvalue weighted by Gasteiger charge is 2.31. The van der Waals surface area contributed by atoms with E-state index in [1.54, 1.807) is 5.56 Å². The summed E-state index contributed by atoms with van der Waals surface area (Å²) in [5, 5.41) is 4.79. The monoisotopic (exact) mass is 286 g/mol. The summed E-state index contributed by atoms with van der Waals surface area (Å²) in [5.74, 6) is 2.10. The van der Waals surface area contributed by atoms with Crippen molar-refractivity contribution < 1.29 is 0 Å². The molecular weight excluding hydrogens is 264 g/mol. The largest absolute Gasteiger partial charge is 0.335 e. The Morgan fingerprint density at radius 3 is 3.05 bits per heavy atom. The van der Waals surface area contributed by atoms with E-state index >= 15 is 0 Å². The molecule has 0 spiro atoms. The van der Waals surface area contributed by atoms with E-state index in [0.29, 0.717) is 6.04 Å². The van der Waals surface area contributed by atoms with Gasteiger partial charge in [-0.3, -0.25) is 4.99 Å². The summed E-state index contributed by atoms with van der Waals surface area (Å²) in [7, 11) is 0. The molecule has 1 heterocycles. The van der Waals surface area contributed by atoms with Crippen LogP contribution < -0.4 is 5.32 Å². The van der Waals surface area contributed by atoms with Crippen molar-refractivity contribution in [1.29, 1.82) is 0 Å². The first kappa shape index (κ1) is 12.8. The number of anilines is 1. The van der Waals surface area contributed by atoms with Gasteiger partial charge in [-0.15, -0.1) is 0 Å². The van der Waals surface area contributed by atoms with Gasteiger partial charge in [0, 0.05) is 11.4 Å². The van der Waals surface area contributed by atoms with Gasteiger partial charge >= 0.3 is 0 Å². The van der Waals surface area contributed by atoms with Crippen LogP contribution in [-0.2, 0) is 12.8 Å². The first-order chi connectivity index (χ1) is 9.90. The molecule has 106 valence electrons. The second-order valence-electron chi connectivity index (χ2n) is 6.28. The maximum atomic E-state index is 4.96. The first-order valence-electron chi connectivity index (χ1n) is 7.98. The molecule has 0 saturated heterocycles. The van der Waals surface area contributed by atoms with Crippen LogP contribution in [0.1, 0.15) is 43.2 Å². The summed E-state index contributed by atoms with van der Waals surface area (Å²) in [5.41, 5.74) is 4.39. The Labute approximate surface area is 125 Å². The van der Waals surface area contributed by atoms with Crippen LogP contribution in [0.15, 0.2) is 23.2 Å². The number of aliphatic imine (C=N–C) groups is 1. The molecule has 2 aliphatic carbocycles. The Bertz CT molecular complexity index is 538. The zero-order valence-corrected chi connectivity index (χ0v) is 12.7. The van der Waals surface area contributed by atoms with Gasteiger partial charge in [0.15, 0.2) is 5.17 Å². The van der Waals surface area contributed by atoms with Crippen LogP contribution in [0.2, 0.25) is 0 Å². The molecule has 20 heavy (non-hydrogen) atoms. The van der Waals surface area contributed by atoms with Crippen molar-refractivity contribution in [1.82, 2.24) is 0 Å². The molecule has 1 aromatic rings. The number of thioether (sulfide) groups is 1. The number of aryl methyl sites for hydroxylation is 1. The maximum Gasteiger partial charge on any atom is 0.161 e. The van der Waals surface area contributed by atoms with Crippen LogP contribution in [0.4, 0.5) is 5.69 Å². The van der Waals surface area contributed by atoms with Gasteiger partial charge in [-0.2, -0.15) is 0 Å². The average Bonchev–Trinajstić information content (AvgIpc) is 2.95. The van der Waals surface area contributed by atoms with E-state index in [4.69, 9.17) is 4.99 Å². The fourth-order valence-electron chi connectivity index (χ4n) is 3.84. The van der Waals surface area contributed by atoms with Crippen LogP contribution >= 0.6 is 11.8 Å². The molecule has 1 fully saturated rings. The van der Waals surface area contributed by atoms with Gasteiger partial charge in [0.2, 0.25) is 0 Å². The van der Waals surface area contributed by atoms with Gasteiger partial charge in [0.05, 0.1) is 6.04 Å². The van der Waals surface area contributed by atoms with Gasteiger partial charge in [-0.25, -0.2) is 0 Å². The average molecular weight is 286 g/mol. The third-order valence-corrected chi connectivity index (χ3v) is 6.05. The Morgan fingerprint density at radius 1 is 1.10 bits per heavy atom. The molecule has 4 rings (SSSR count). The van der Waals surface area contributed by atoms with E-state index in [0.717, 1.165) is 11.1 Å². The lowest BCUT2D eigenvalue weighted by Gasteiger charge is -2.25. The second-order valence-corrected chi connectivity index (χ2v) is 7.29. The smallest absolute Gasteiger partial charge is 0.161 e. The Hall–Kier alpha value is -0.960. The van der Waals surface area contributed by atoms with Gasteiger partial charge < -0.3 is 5.32 Å². The van der Waals surface area contributed by atoms with E-state index in [1.807, 2.05) is 11.8 Å². The summed E-state index contributed by atoms with van der Waals surface area (Å²) < 4.78 is 0. The van der Waals surface area contributed by atoms with E-state index in [9.17, 15) is 0 Å². The van der Waals surface area contributed by atoms with Crippen LogP contribution in [0.3, 0.4) is 0 Å². The molecule has 1 saturated carbocycles. The summed E-state index contributed by atoms with van der Waals surface area (Å²) in [6.07, 6.45) is 9.19. The lowest BCUT2D eigenvalue weighted by atomic mass is 9.90. The Kier molecular flexibility index (Phi) is 3.47. The molecule has 1 aromatic carbocycles. The zero-order valence-electron chi connectivity index (χ0n) is 11.9. The second kappa shape index (κ2) is 5.44. The number of hydrogen-bond acceptors (Lipinski definition) is 3. The molecule has 0 amide bonds. The van der Waals surface area contributed by atoms with Gasteiger partial charge in [-0.1, -0.05) is 30.3 Å². The molecule has 0 aromatic heterocycles. The highest BCUT2D eigenvalue weighted by atomic mass is 32.2. The van der Waals surface area contributed by atoms with Crippen molar-refractivity contribution in [3.05, 3.63) is 29.3 Å². The summed E-state index contributed by atoms with van der Waals surface area (Å²) in [6, 6.07) is 7.31. The molecule has 2 atom stereocenters. The van der Waals surface area contributed by atoms with E-state index in [1.165, 1.54) is 61.9 Å². The van der Waals surface area contributed by atoms with Crippen molar-refractivity contribution in [3.8, 4) is 0 Å². The number of nitrogens with zero attached hydrogens (tertiary/aromatic N) is 1. The van der Waals surface area contributed by atoms with Crippen molar-refractivity contribution >= 4 is 22.6 Å². The minimum atomic E-state index is 0.596. The molecule has 2 nitrogen and oxygen atoms in total. The van der Waals surface area contributed by atoms with Gasteiger partial charge in [-0.05, 0) is 61.6 Å². The Morgan fingerprint density at radius 2 is 2.05 bits per heavy atom. The third-order valence-electron chi connectivity index (χ3n) is 4.97. The van der Waals surface area contributed by atoms with E-state index in [-0.39, 0.29) is 0 Å². The Balaban J connectivity index is 1.57. The van der Waals surface area contributed by atoms with Crippen molar-refractivity contribution in [3.63, 3.8) is 0 Å². The molecule has 0 bridgehead atoms. The zero-order chi connectivity index (χ0) is 13.4. The normalized spacial score (nSPS) is 28.5. The van der Waals surface area contributed by atoms with Crippen molar-refractivity contribution in [2.45, 2.75) is 51.0 Å². The molecule has 2 unspecified atom stereocenters. The van der Waals surface area contributed by atoms with Crippen LogP contribution in [0.5, 0.6) is 0 Å². The SMILES string of the molecule is c1cc2c(c(NC3=NC4CCCC4CS3)c1)CCCC2. The highest BCUT2D eigenvalue weighted by Crippen LogP contribution is 2.36. The predicted octanol–water partition coefficient (Wildman–Crippen LogP) is 4.25. The molecule has 3 heteroatoms. The minimum absolute atomic E-state index is 0.596. The number of fused-ring (bicyclic) bond motifs is 2. The summed E-state index contributed by atoms with van der Waals surface area (Å²) >= 11 is 1.92. The first-order valence-corrected chi connectivity index (χ1v) is 8.97. The third kappa shape index (κ3) is 2.37. The van der Waals surface area contributed by atoms with Crippen molar-refractivity contribution in [2.75, 3.05) is 11.1 Å². The number of rotatable bonds is 1. The fourth-order valence-corrected chi connectivity index (χ4v) is 4.99. The maximum absolute atomic E-state index is 4.96. The molecule has 1 aliphatic heterocycles. The number of amidine groups is 1. The topological polar surface area (TPSA) is 24.4 Å². The molecule has 0 radical (unpaired) electrons. The quantitative estimate of drug-likeness (QED) is 0.834. The fraction of sp³-hybridized carbons (Fsp3) is 0.588. The van der Waals surface area contributed by atoms with E-state index < -0.39 is 0 Å². The summed E-state index contributed by atoms with van der Waals surface area (Å²) in [6.45, 7) is 0. The molecule has 3 aliphatic rings. The molecular formula is C17H22N2S. The minimum Gasteiger partial charge on any atom is -0.335 e. The number of hydrogen-bond donors (Lipinski definition) is 1. The lowest BCUT2D eigenvalue weighted by molar-refractivity contribution is 0.535. The number of benzene rings is 1. The van der Waals surface area contributed by atoms with Crippen molar-refractivity contribution in [2.24, 2.45) is 10.9 Å². The van der Waals surface area contributed by atoms with Gasteiger partial charge in [0.25, 0.3) is 0 Å². The van der Waals surface area contributed by atoms with E-state index in [2.05, 4.69) is 23.5 Å². The highest BCUT2D eigenvalue weighted by molar-refractivity contribution is 8.14. The number of nitrogens with one attached hydrogen (secondary N) is 1. The van der Waals surface area contributed by atoms with Crippen LogP contribution in [0.25, 0.3) is 0 Å². The predicted molar refractivity (Wildman–Crippen MR) is 87.7 cm³/mol.